The molecule has 0 spiro atoms. The number of hydrogen-bond acceptors (Lipinski definition) is 4. The topological polar surface area (TPSA) is 86.5 Å². The zero-order chi connectivity index (χ0) is 13.4. The molecule has 5 N–H and O–H groups in total. The number of aliphatic hydroxyl groups is 3. The molecule has 0 aliphatic rings. The van der Waals surface area contributed by atoms with E-state index < -0.39 is 5.54 Å². The second-order valence-corrected chi connectivity index (χ2v) is 4.29. The molecule has 0 aliphatic heterocycles. The van der Waals surface area contributed by atoms with Crippen molar-refractivity contribution in [2.75, 3.05) is 26.4 Å². The second-order valence-electron chi connectivity index (χ2n) is 4.29. The molecule has 5 nitrogen and oxygen atoms in total. The molecule has 0 saturated heterocycles. The third kappa shape index (κ3) is 3.68. The third-order valence-corrected chi connectivity index (χ3v) is 2.97. The highest BCUT2D eigenvalue weighted by Crippen LogP contribution is 2.16. The Morgan fingerprint density at radius 1 is 1.11 bits per heavy atom. The van der Waals surface area contributed by atoms with Crippen LogP contribution in [0.15, 0.2) is 24.3 Å². The maximum Gasteiger partial charge on any atom is 0.166 e. The largest absolute Gasteiger partial charge is 0.493 e. The van der Waals surface area contributed by atoms with E-state index in [0.717, 1.165) is 11.3 Å². The van der Waals surface area contributed by atoms with E-state index in [1.165, 1.54) is 0 Å². The van der Waals surface area contributed by atoms with Gasteiger partial charge in [0.15, 0.2) is 5.54 Å². The predicted molar refractivity (Wildman–Crippen MR) is 67.2 cm³/mol. The number of benzene rings is 1. The number of quaternary nitrogens is 1. The van der Waals surface area contributed by atoms with Crippen molar-refractivity contribution >= 4 is 0 Å². The molecule has 1 aromatic carbocycles. The smallest absolute Gasteiger partial charge is 0.166 e. The van der Waals surface area contributed by atoms with Crippen molar-refractivity contribution in [3.8, 4) is 5.75 Å². The normalized spacial score (nSPS) is 11.6. The molecule has 102 valence electrons. The Bertz CT molecular complexity index is 344. The Hall–Kier alpha value is -1.14. The number of ether oxygens (including phenoxy) is 1. The van der Waals surface area contributed by atoms with Crippen LogP contribution in [0.2, 0.25) is 0 Å². The van der Waals surface area contributed by atoms with Gasteiger partial charge in [0.05, 0.1) is 6.61 Å². The number of nitrogens with two attached hydrogens (primary N) is 1. The van der Waals surface area contributed by atoms with E-state index in [2.05, 4.69) is 0 Å². The summed E-state index contributed by atoms with van der Waals surface area (Å²) in [6.45, 7) is 2.18. The Labute approximate surface area is 107 Å². The fourth-order valence-corrected chi connectivity index (χ4v) is 1.64. The quantitative estimate of drug-likeness (QED) is 0.474. The van der Waals surface area contributed by atoms with Gasteiger partial charge in [-0.15, -0.1) is 0 Å². The highest BCUT2D eigenvalue weighted by Gasteiger charge is 2.31. The highest BCUT2D eigenvalue weighted by molar-refractivity contribution is 5.32. The molecule has 0 saturated carbocycles. The molecule has 1 aromatic rings. The summed E-state index contributed by atoms with van der Waals surface area (Å²) in [7, 11) is 0. The predicted octanol–water partition coefficient (Wildman–Crippen LogP) is -1.14. The van der Waals surface area contributed by atoms with Crippen LogP contribution < -0.4 is 10.1 Å². The van der Waals surface area contributed by atoms with Crippen LogP contribution in [-0.4, -0.2) is 47.3 Å². The van der Waals surface area contributed by atoms with Gasteiger partial charge in [-0.05, 0) is 19.1 Å². The monoisotopic (exact) mass is 256 g/mol. The van der Waals surface area contributed by atoms with Crippen LogP contribution in [-0.2, 0) is 6.54 Å². The minimum Gasteiger partial charge on any atom is -0.493 e. The van der Waals surface area contributed by atoms with Gasteiger partial charge in [0.25, 0.3) is 0 Å². The number of hydrogen-bond donors (Lipinski definition) is 4. The van der Waals surface area contributed by atoms with Gasteiger partial charge in [-0.1, -0.05) is 12.1 Å². The van der Waals surface area contributed by atoms with Crippen molar-refractivity contribution < 1.29 is 25.4 Å². The van der Waals surface area contributed by atoms with Crippen molar-refractivity contribution in [3.63, 3.8) is 0 Å². The van der Waals surface area contributed by atoms with Gasteiger partial charge in [-0.2, -0.15) is 0 Å². The fraction of sp³-hybridized carbons (Fsp3) is 0.538. The molecule has 0 unspecified atom stereocenters. The summed E-state index contributed by atoms with van der Waals surface area (Å²) in [6, 6.07) is 7.61. The van der Waals surface area contributed by atoms with E-state index in [-0.39, 0.29) is 19.8 Å². The van der Waals surface area contributed by atoms with Crippen LogP contribution in [0.1, 0.15) is 12.5 Å². The molecule has 18 heavy (non-hydrogen) atoms. The molecular formula is C13H22NO4+. The molecule has 0 fully saturated rings. The van der Waals surface area contributed by atoms with Crippen molar-refractivity contribution in [3.05, 3.63) is 29.8 Å². The standard InChI is InChI=1S/C13H21NO4/c1-2-18-12-6-4-3-5-11(12)7-14-13(8-15,9-16)10-17/h3-6,14-17H,2,7-10H2,1H3/p+1. The fourth-order valence-electron chi connectivity index (χ4n) is 1.64. The molecule has 0 amide bonds. The van der Waals surface area contributed by atoms with Crippen LogP contribution in [0.25, 0.3) is 0 Å². The summed E-state index contributed by atoms with van der Waals surface area (Å²) in [5, 5.41) is 29.5. The molecule has 0 aliphatic carbocycles. The third-order valence-electron chi connectivity index (χ3n) is 2.97. The first-order valence-electron chi connectivity index (χ1n) is 6.09. The lowest BCUT2D eigenvalue weighted by Crippen LogP contribution is -2.99. The van der Waals surface area contributed by atoms with Gasteiger partial charge in [0.1, 0.15) is 32.1 Å². The molecule has 0 heterocycles. The molecule has 1 rings (SSSR count). The summed E-state index contributed by atoms with van der Waals surface area (Å²) in [5.74, 6) is 0.791. The number of aliphatic hydroxyl groups excluding tert-OH is 3. The van der Waals surface area contributed by atoms with E-state index in [1.807, 2.05) is 31.2 Å². The second kappa shape index (κ2) is 7.33. The van der Waals surface area contributed by atoms with Crippen LogP contribution >= 0.6 is 0 Å². The van der Waals surface area contributed by atoms with Gasteiger partial charge >= 0.3 is 0 Å². The van der Waals surface area contributed by atoms with Crippen LogP contribution in [0.4, 0.5) is 0 Å². The zero-order valence-corrected chi connectivity index (χ0v) is 10.7. The molecule has 0 bridgehead atoms. The first-order chi connectivity index (χ1) is 8.71. The van der Waals surface area contributed by atoms with Crippen molar-refractivity contribution in [1.82, 2.24) is 0 Å². The summed E-state index contributed by atoms with van der Waals surface area (Å²) in [5.41, 5.74) is 0.0263. The Morgan fingerprint density at radius 3 is 2.28 bits per heavy atom. The van der Waals surface area contributed by atoms with E-state index in [9.17, 15) is 15.3 Å². The van der Waals surface area contributed by atoms with Crippen molar-refractivity contribution in [2.24, 2.45) is 0 Å². The highest BCUT2D eigenvalue weighted by atomic mass is 16.5. The molecule has 0 aromatic heterocycles. The van der Waals surface area contributed by atoms with Gasteiger partial charge in [0.2, 0.25) is 0 Å². The number of rotatable bonds is 8. The average molecular weight is 256 g/mol. The number of para-hydroxylation sites is 1. The lowest BCUT2D eigenvalue weighted by molar-refractivity contribution is -0.746. The van der Waals surface area contributed by atoms with Gasteiger partial charge < -0.3 is 25.4 Å². The first kappa shape index (κ1) is 14.9. The van der Waals surface area contributed by atoms with Crippen LogP contribution in [0.3, 0.4) is 0 Å². The van der Waals surface area contributed by atoms with Gasteiger partial charge in [0, 0.05) is 5.56 Å². The zero-order valence-electron chi connectivity index (χ0n) is 10.7. The Morgan fingerprint density at radius 2 is 1.72 bits per heavy atom. The maximum atomic E-state index is 9.24. The summed E-state index contributed by atoms with van der Waals surface area (Å²) < 4.78 is 5.50. The Balaban J connectivity index is 2.72. The molecule has 0 atom stereocenters. The minimum atomic E-state index is -0.945. The molecular weight excluding hydrogens is 234 g/mol. The van der Waals surface area contributed by atoms with Gasteiger partial charge in [-0.25, -0.2) is 0 Å². The van der Waals surface area contributed by atoms with Crippen LogP contribution in [0, 0.1) is 0 Å². The molecule has 5 heteroatoms. The maximum absolute atomic E-state index is 9.24. The van der Waals surface area contributed by atoms with E-state index in [1.54, 1.807) is 5.32 Å². The van der Waals surface area contributed by atoms with E-state index >= 15 is 0 Å². The van der Waals surface area contributed by atoms with E-state index in [4.69, 9.17) is 4.74 Å². The SMILES string of the molecule is CCOc1ccccc1C[NH2+]C(CO)(CO)CO. The summed E-state index contributed by atoms with van der Waals surface area (Å²) >= 11 is 0. The summed E-state index contributed by atoms with van der Waals surface area (Å²) in [4.78, 5) is 0. The summed E-state index contributed by atoms with van der Waals surface area (Å²) in [6.07, 6.45) is 0. The van der Waals surface area contributed by atoms with E-state index in [0.29, 0.717) is 13.2 Å². The lowest BCUT2D eigenvalue weighted by atomic mass is 10.0. The Kier molecular flexibility index (Phi) is 6.07. The van der Waals surface area contributed by atoms with Crippen molar-refractivity contribution in [2.45, 2.75) is 19.0 Å². The lowest BCUT2D eigenvalue weighted by Gasteiger charge is -2.25. The minimum absolute atomic E-state index is 0.281. The van der Waals surface area contributed by atoms with Crippen molar-refractivity contribution in [1.29, 1.82) is 0 Å². The van der Waals surface area contributed by atoms with Gasteiger partial charge in [-0.3, -0.25) is 0 Å². The average Bonchev–Trinajstić information content (AvgIpc) is 2.43. The van der Waals surface area contributed by atoms with Crippen LogP contribution in [0.5, 0.6) is 5.75 Å². The first-order valence-corrected chi connectivity index (χ1v) is 6.09. The molecule has 0 radical (unpaired) electrons.